The maximum atomic E-state index is 12.3. The Bertz CT molecular complexity index is 1360. The first-order valence-electron chi connectivity index (χ1n) is 11.1. The van der Waals surface area contributed by atoms with Crippen LogP contribution in [-0.2, 0) is 17.9 Å². The molecular weight excluding hydrogens is 517 g/mol. The number of halogens is 2. The first kappa shape index (κ1) is 25.7. The van der Waals surface area contributed by atoms with E-state index < -0.39 is 17.9 Å². The van der Waals surface area contributed by atoms with Crippen LogP contribution < -0.4 is 10.2 Å². The summed E-state index contributed by atoms with van der Waals surface area (Å²) in [5.74, 6) is -1.51. The second kappa shape index (κ2) is 11.6. The highest BCUT2D eigenvalue weighted by atomic mass is 35.5. The largest absolute Gasteiger partial charge is 0.480 e. The fraction of sp³-hybridized carbons (Fsp3) is 0.148. The van der Waals surface area contributed by atoms with Crippen LogP contribution in [0.5, 0.6) is 0 Å². The number of aromatic nitrogens is 1. The first-order chi connectivity index (χ1) is 17.3. The molecule has 1 heterocycles. The van der Waals surface area contributed by atoms with Crippen molar-refractivity contribution in [2.24, 2.45) is 0 Å². The molecule has 0 saturated heterocycles. The van der Waals surface area contributed by atoms with Gasteiger partial charge in [-0.1, -0.05) is 71.7 Å². The fourth-order valence-electron chi connectivity index (χ4n) is 3.52. The number of carboxylic acids is 1. The normalized spacial score (nSPS) is 11.6. The monoisotopic (exact) mass is 539 g/mol. The number of anilines is 1. The number of carbonyl (C=O) groups is 2. The lowest BCUT2D eigenvalue weighted by Gasteiger charge is -2.22. The van der Waals surface area contributed by atoms with Gasteiger partial charge in [-0.3, -0.25) is 9.59 Å². The Balaban J connectivity index is 1.56. The summed E-state index contributed by atoms with van der Waals surface area (Å²) in [6, 6.07) is 21.7. The molecule has 0 aliphatic heterocycles. The van der Waals surface area contributed by atoms with Crippen LogP contribution in [0, 0.1) is 0 Å². The van der Waals surface area contributed by atoms with Crippen LogP contribution in [0.2, 0.25) is 10.0 Å². The van der Waals surface area contributed by atoms with Crippen LogP contribution in [0.4, 0.5) is 5.13 Å². The number of aliphatic carboxylic acids is 1. The number of hydrogen-bond donors (Lipinski definition) is 2. The Labute approximate surface area is 223 Å². The summed E-state index contributed by atoms with van der Waals surface area (Å²) in [5, 5.41) is 15.3. The Hall–Kier alpha value is -3.39. The van der Waals surface area contributed by atoms with Crippen molar-refractivity contribution in [1.29, 1.82) is 0 Å². The second-order valence-corrected chi connectivity index (χ2v) is 9.87. The van der Waals surface area contributed by atoms with E-state index in [1.807, 2.05) is 41.8 Å². The minimum Gasteiger partial charge on any atom is -0.480 e. The van der Waals surface area contributed by atoms with E-state index in [2.05, 4.69) is 22.3 Å². The zero-order valence-electron chi connectivity index (χ0n) is 19.3. The van der Waals surface area contributed by atoms with Gasteiger partial charge in [0.25, 0.3) is 5.91 Å². The van der Waals surface area contributed by atoms with Crippen molar-refractivity contribution >= 4 is 51.5 Å². The van der Waals surface area contributed by atoms with E-state index in [4.69, 9.17) is 33.3 Å². The smallest absolute Gasteiger partial charge is 0.325 e. The van der Waals surface area contributed by atoms with Crippen LogP contribution >= 0.6 is 34.5 Å². The summed E-state index contributed by atoms with van der Waals surface area (Å²) < 4.78 is 0. The van der Waals surface area contributed by atoms with Gasteiger partial charge in [-0.15, -0.1) is 11.3 Å². The first-order valence-corrected chi connectivity index (χ1v) is 12.8. The highest BCUT2D eigenvalue weighted by Crippen LogP contribution is 2.32. The molecule has 36 heavy (non-hydrogen) atoms. The third-order valence-electron chi connectivity index (χ3n) is 5.50. The number of benzene rings is 3. The highest BCUT2D eigenvalue weighted by Gasteiger charge is 2.17. The summed E-state index contributed by atoms with van der Waals surface area (Å²) in [5.41, 5.74) is 4.23. The molecule has 4 rings (SSSR count). The third kappa shape index (κ3) is 6.43. The maximum Gasteiger partial charge on any atom is 0.325 e. The zero-order chi connectivity index (χ0) is 25.7. The molecule has 4 aromatic rings. The summed E-state index contributed by atoms with van der Waals surface area (Å²) in [7, 11) is 0. The molecule has 0 bridgehead atoms. The lowest BCUT2D eigenvalue weighted by molar-refractivity contribution is -0.138. The van der Waals surface area contributed by atoms with E-state index >= 15 is 0 Å². The molecule has 2 N–H and O–H groups in total. The van der Waals surface area contributed by atoms with E-state index in [-0.39, 0.29) is 0 Å². The number of hydrogen-bond acceptors (Lipinski definition) is 5. The van der Waals surface area contributed by atoms with Crippen LogP contribution in [0.25, 0.3) is 11.3 Å². The van der Waals surface area contributed by atoms with Crippen molar-refractivity contribution in [3.8, 4) is 11.3 Å². The Morgan fingerprint density at radius 1 is 0.972 bits per heavy atom. The topological polar surface area (TPSA) is 82.5 Å². The zero-order valence-corrected chi connectivity index (χ0v) is 21.6. The van der Waals surface area contributed by atoms with Gasteiger partial charge in [-0.2, -0.15) is 0 Å². The van der Waals surface area contributed by atoms with Crippen molar-refractivity contribution in [2.75, 3.05) is 4.90 Å². The van der Waals surface area contributed by atoms with Crippen LogP contribution in [0.1, 0.15) is 28.4 Å². The molecule has 1 atom stereocenters. The van der Waals surface area contributed by atoms with E-state index in [9.17, 15) is 9.59 Å². The van der Waals surface area contributed by atoms with Gasteiger partial charge in [-0.25, -0.2) is 4.98 Å². The van der Waals surface area contributed by atoms with Gasteiger partial charge in [0.1, 0.15) is 6.04 Å². The van der Waals surface area contributed by atoms with Crippen molar-refractivity contribution < 1.29 is 14.7 Å². The molecule has 0 radical (unpaired) electrons. The Morgan fingerprint density at radius 2 is 1.64 bits per heavy atom. The van der Waals surface area contributed by atoms with Crippen LogP contribution in [0.3, 0.4) is 0 Å². The van der Waals surface area contributed by atoms with Crippen molar-refractivity contribution in [3.63, 3.8) is 0 Å². The summed E-state index contributed by atoms with van der Waals surface area (Å²) in [4.78, 5) is 30.4. The number of rotatable bonds is 9. The molecule has 0 aliphatic carbocycles. The lowest BCUT2D eigenvalue weighted by atomic mass is 10.1. The number of carboxylic acid groups (broad SMARTS) is 1. The Morgan fingerprint density at radius 3 is 2.28 bits per heavy atom. The van der Waals surface area contributed by atoms with E-state index in [0.29, 0.717) is 28.7 Å². The van der Waals surface area contributed by atoms with Gasteiger partial charge in [0, 0.05) is 29.6 Å². The number of nitrogens with zero attached hydrogens (tertiary/aromatic N) is 2. The summed E-state index contributed by atoms with van der Waals surface area (Å²) in [6.45, 7) is 2.64. The molecule has 3 aromatic carbocycles. The van der Waals surface area contributed by atoms with E-state index in [1.165, 1.54) is 18.3 Å². The Kier molecular flexibility index (Phi) is 8.25. The van der Waals surface area contributed by atoms with Gasteiger partial charge >= 0.3 is 5.97 Å². The number of amides is 1. The quantitative estimate of drug-likeness (QED) is 0.252. The molecule has 6 nitrogen and oxygen atoms in total. The second-order valence-electron chi connectivity index (χ2n) is 8.22. The van der Waals surface area contributed by atoms with Gasteiger partial charge in [0.15, 0.2) is 5.13 Å². The number of thiazole rings is 1. The standard InChI is InChI=1S/C27H23Cl2N3O3S/c1-17(26(34)35)30-25(33)20-9-7-19(8-10-20)15-32(14-18-5-3-2-4-6-18)27-31-24(16-36-27)21-11-12-22(28)23(29)13-21/h2-13,16-17H,14-15H2,1H3,(H,30,33)(H,34,35). The predicted molar refractivity (Wildman–Crippen MR) is 145 cm³/mol. The molecule has 1 unspecified atom stereocenters. The molecule has 0 saturated carbocycles. The SMILES string of the molecule is CC(NC(=O)c1ccc(CN(Cc2ccccc2)c2nc(-c3ccc(Cl)c(Cl)c3)cs2)cc1)C(=O)O. The fourth-order valence-corrected chi connectivity index (χ4v) is 4.65. The molecule has 1 aromatic heterocycles. The minimum atomic E-state index is -1.08. The molecule has 184 valence electrons. The summed E-state index contributed by atoms with van der Waals surface area (Å²) >= 11 is 13.8. The molecule has 0 aliphatic rings. The molecule has 0 spiro atoms. The average Bonchev–Trinajstić information content (AvgIpc) is 3.36. The van der Waals surface area contributed by atoms with Crippen molar-refractivity contribution in [2.45, 2.75) is 26.1 Å². The van der Waals surface area contributed by atoms with Crippen LogP contribution in [-0.4, -0.2) is 28.0 Å². The van der Waals surface area contributed by atoms with Crippen molar-refractivity contribution in [3.05, 3.63) is 105 Å². The molecule has 9 heteroatoms. The molecule has 1 amide bonds. The molecular formula is C27H23Cl2N3O3S. The van der Waals surface area contributed by atoms with E-state index in [0.717, 1.165) is 27.5 Å². The third-order valence-corrected chi connectivity index (χ3v) is 7.14. The van der Waals surface area contributed by atoms with Crippen LogP contribution in [0.15, 0.2) is 78.2 Å². The van der Waals surface area contributed by atoms with Gasteiger partial charge in [-0.05, 0) is 42.3 Å². The van der Waals surface area contributed by atoms with Gasteiger partial charge < -0.3 is 15.3 Å². The molecule has 0 fully saturated rings. The lowest BCUT2D eigenvalue weighted by Crippen LogP contribution is -2.38. The van der Waals surface area contributed by atoms with Gasteiger partial charge in [0.2, 0.25) is 0 Å². The average molecular weight is 540 g/mol. The summed E-state index contributed by atoms with van der Waals surface area (Å²) in [6.07, 6.45) is 0. The minimum absolute atomic E-state index is 0.401. The maximum absolute atomic E-state index is 12.3. The van der Waals surface area contributed by atoms with Crippen molar-refractivity contribution in [1.82, 2.24) is 10.3 Å². The van der Waals surface area contributed by atoms with Gasteiger partial charge in [0.05, 0.1) is 15.7 Å². The van der Waals surface area contributed by atoms with E-state index in [1.54, 1.807) is 24.3 Å². The number of carbonyl (C=O) groups excluding carboxylic acids is 1. The highest BCUT2D eigenvalue weighted by molar-refractivity contribution is 7.14. The number of nitrogens with one attached hydrogen (secondary N) is 1. The predicted octanol–water partition coefficient (Wildman–Crippen LogP) is 6.53.